The minimum atomic E-state index is 0. The third-order valence-electron chi connectivity index (χ3n) is 3.30. The molecule has 0 radical (unpaired) electrons. The third-order valence-corrected chi connectivity index (χ3v) is 4.66. The number of thiazole rings is 1. The second-order valence-corrected chi connectivity index (χ2v) is 6.97. The predicted molar refractivity (Wildman–Crippen MR) is 115 cm³/mol. The molecule has 132 valence electrons. The van der Waals surface area contributed by atoms with E-state index in [9.17, 15) is 0 Å². The number of halogens is 2. The highest BCUT2D eigenvalue weighted by Crippen LogP contribution is 2.17. The molecule has 24 heavy (non-hydrogen) atoms. The topological polar surface area (TPSA) is 49.3 Å². The van der Waals surface area contributed by atoms with Crippen LogP contribution in [-0.4, -0.2) is 24.0 Å². The molecular formula is C17H24ClIN4S. The summed E-state index contributed by atoms with van der Waals surface area (Å²) < 4.78 is 0. The van der Waals surface area contributed by atoms with E-state index in [0.29, 0.717) is 6.54 Å². The van der Waals surface area contributed by atoms with Gasteiger partial charge in [0, 0.05) is 29.4 Å². The monoisotopic (exact) mass is 478 g/mol. The lowest BCUT2D eigenvalue weighted by Crippen LogP contribution is -2.38. The molecule has 0 fully saturated rings. The molecule has 7 heteroatoms. The van der Waals surface area contributed by atoms with Crippen LogP contribution in [0.1, 0.15) is 28.1 Å². The molecule has 0 saturated carbocycles. The van der Waals surface area contributed by atoms with E-state index in [1.807, 2.05) is 31.2 Å². The maximum atomic E-state index is 6.01. The Balaban J connectivity index is 0.00000288. The van der Waals surface area contributed by atoms with Gasteiger partial charge in [-0.25, -0.2) is 9.98 Å². The van der Waals surface area contributed by atoms with Crippen LogP contribution >= 0.6 is 46.9 Å². The summed E-state index contributed by atoms with van der Waals surface area (Å²) in [5.74, 6) is 0.825. The number of nitrogens with zero attached hydrogens (tertiary/aromatic N) is 2. The first-order valence-electron chi connectivity index (χ1n) is 7.78. The first-order valence-corrected chi connectivity index (χ1v) is 8.97. The molecule has 0 saturated heterocycles. The highest BCUT2D eigenvalue weighted by Gasteiger charge is 2.05. The molecule has 0 aliphatic rings. The highest BCUT2D eigenvalue weighted by molar-refractivity contribution is 14.0. The zero-order chi connectivity index (χ0) is 16.7. The van der Waals surface area contributed by atoms with Gasteiger partial charge in [0.05, 0.1) is 17.2 Å². The Morgan fingerprint density at radius 1 is 1.29 bits per heavy atom. The predicted octanol–water partition coefficient (Wildman–Crippen LogP) is 4.33. The second-order valence-electron chi connectivity index (χ2n) is 5.24. The lowest BCUT2D eigenvalue weighted by molar-refractivity contribution is 0.801. The lowest BCUT2D eigenvalue weighted by Gasteiger charge is -2.11. The van der Waals surface area contributed by atoms with E-state index in [-0.39, 0.29) is 24.0 Å². The molecule has 0 unspecified atom stereocenters. The van der Waals surface area contributed by atoms with Gasteiger partial charge in [-0.3, -0.25) is 0 Å². The SMILES string of the molecule is CCNC(=NCc1cccc(Cl)c1)NCCc1sc(C)nc1C.I. The number of aryl methyl sites for hydroxylation is 2. The molecule has 1 aromatic heterocycles. The maximum absolute atomic E-state index is 6.01. The van der Waals surface area contributed by atoms with Crippen molar-refractivity contribution < 1.29 is 0 Å². The van der Waals surface area contributed by atoms with Gasteiger partial charge in [-0.05, 0) is 38.5 Å². The fourth-order valence-corrected chi connectivity index (χ4v) is 3.40. The van der Waals surface area contributed by atoms with Crippen molar-refractivity contribution in [3.63, 3.8) is 0 Å². The zero-order valence-corrected chi connectivity index (χ0v) is 18.1. The number of nitrogens with one attached hydrogen (secondary N) is 2. The number of aromatic nitrogens is 1. The zero-order valence-electron chi connectivity index (χ0n) is 14.2. The first kappa shape index (κ1) is 21.2. The minimum Gasteiger partial charge on any atom is -0.357 e. The Morgan fingerprint density at radius 2 is 2.08 bits per heavy atom. The fraction of sp³-hybridized carbons (Fsp3) is 0.412. The molecule has 0 bridgehead atoms. The number of aliphatic imine (C=N–C) groups is 1. The fourth-order valence-electron chi connectivity index (χ4n) is 2.25. The van der Waals surface area contributed by atoms with Crippen LogP contribution in [0.3, 0.4) is 0 Å². The average molecular weight is 479 g/mol. The van der Waals surface area contributed by atoms with Crippen molar-refractivity contribution in [2.24, 2.45) is 4.99 Å². The van der Waals surface area contributed by atoms with Crippen LogP contribution in [0, 0.1) is 13.8 Å². The molecule has 1 heterocycles. The van der Waals surface area contributed by atoms with Gasteiger partial charge < -0.3 is 10.6 Å². The van der Waals surface area contributed by atoms with Gasteiger partial charge in [0.1, 0.15) is 0 Å². The van der Waals surface area contributed by atoms with Crippen LogP contribution in [0.25, 0.3) is 0 Å². The summed E-state index contributed by atoms with van der Waals surface area (Å²) in [5.41, 5.74) is 2.23. The van der Waals surface area contributed by atoms with Crippen molar-refractivity contribution in [1.82, 2.24) is 15.6 Å². The number of hydrogen-bond acceptors (Lipinski definition) is 3. The molecule has 2 N–H and O–H groups in total. The Hall–Kier alpha value is -0.860. The van der Waals surface area contributed by atoms with Crippen molar-refractivity contribution in [3.05, 3.63) is 50.4 Å². The molecule has 2 aromatic rings. The summed E-state index contributed by atoms with van der Waals surface area (Å²) in [5, 5.41) is 8.51. The molecular weight excluding hydrogens is 455 g/mol. The summed E-state index contributed by atoms with van der Waals surface area (Å²) in [6.07, 6.45) is 0.957. The summed E-state index contributed by atoms with van der Waals surface area (Å²) in [6, 6.07) is 7.79. The normalized spacial score (nSPS) is 11.1. The summed E-state index contributed by atoms with van der Waals surface area (Å²) >= 11 is 7.77. The summed E-state index contributed by atoms with van der Waals surface area (Å²) in [6.45, 7) is 8.45. The third kappa shape index (κ3) is 6.94. The van der Waals surface area contributed by atoms with Crippen molar-refractivity contribution in [1.29, 1.82) is 0 Å². The van der Waals surface area contributed by atoms with Gasteiger partial charge in [0.2, 0.25) is 0 Å². The molecule has 1 aromatic carbocycles. The Labute approximate surface area is 170 Å². The van der Waals surface area contributed by atoms with E-state index in [4.69, 9.17) is 11.6 Å². The maximum Gasteiger partial charge on any atom is 0.191 e. The molecule has 0 atom stereocenters. The molecule has 2 rings (SSSR count). The Bertz CT molecular complexity index is 672. The van der Waals surface area contributed by atoms with Crippen LogP contribution < -0.4 is 10.6 Å². The van der Waals surface area contributed by atoms with Gasteiger partial charge in [0.25, 0.3) is 0 Å². The quantitative estimate of drug-likeness (QED) is 0.369. The molecule has 0 amide bonds. The smallest absolute Gasteiger partial charge is 0.191 e. The lowest BCUT2D eigenvalue weighted by atomic mass is 10.2. The first-order chi connectivity index (χ1) is 11.1. The van der Waals surface area contributed by atoms with Gasteiger partial charge in [-0.1, -0.05) is 23.7 Å². The highest BCUT2D eigenvalue weighted by atomic mass is 127. The second kappa shape index (κ2) is 10.9. The van der Waals surface area contributed by atoms with E-state index in [1.165, 1.54) is 4.88 Å². The number of rotatable bonds is 6. The van der Waals surface area contributed by atoms with Crippen molar-refractivity contribution in [2.45, 2.75) is 33.7 Å². The minimum absolute atomic E-state index is 0. The van der Waals surface area contributed by atoms with E-state index < -0.39 is 0 Å². The van der Waals surface area contributed by atoms with Crippen LogP contribution in [0.2, 0.25) is 5.02 Å². The van der Waals surface area contributed by atoms with E-state index >= 15 is 0 Å². The van der Waals surface area contributed by atoms with Crippen molar-refractivity contribution in [3.8, 4) is 0 Å². The summed E-state index contributed by atoms with van der Waals surface area (Å²) in [4.78, 5) is 10.4. The Morgan fingerprint density at radius 3 is 2.71 bits per heavy atom. The molecule has 0 aliphatic carbocycles. The van der Waals surface area contributed by atoms with Gasteiger partial charge in [-0.2, -0.15) is 0 Å². The van der Waals surface area contributed by atoms with E-state index in [1.54, 1.807) is 11.3 Å². The number of hydrogen-bond donors (Lipinski definition) is 2. The van der Waals surface area contributed by atoms with Gasteiger partial charge in [-0.15, -0.1) is 35.3 Å². The summed E-state index contributed by atoms with van der Waals surface area (Å²) in [7, 11) is 0. The van der Waals surface area contributed by atoms with Gasteiger partial charge in [0.15, 0.2) is 5.96 Å². The number of benzene rings is 1. The molecule has 0 spiro atoms. The van der Waals surface area contributed by atoms with E-state index in [2.05, 4.69) is 34.5 Å². The van der Waals surface area contributed by atoms with Crippen LogP contribution in [0.15, 0.2) is 29.3 Å². The van der Waals surface area contributed by atoms with Crippen molar-refractivity contribution >= 4 is 52.9 Å². The molecule has 0 aliphatic heterocycles. The average Bonchev–Trinajstić information content (AvgIpc) is 2.83. The largest absolute Gasteiger partial charge is 0.357 e. The van der Waals surface area contributed by atoms with E-state index in [0.717, 1.165) is 46.8 Å². The van der Waals surface area contributed by atoms with Crippen LogP contribution in [0.4, 0.5) is 0 Å². The van der Waals surface area contributed by atoms with Crippen LogP contribution in [-0.2, 0) is 13.0 Å². The van der Waals surface area contributed by atoms with Crippen molar-refractivity contribution in [2.75, 3.05) is 13.1 Å². The van der Waals surface area contributed by atoms with Crippen LogP contribution in [0.5, 0.6) is 0 Å². The Kier molecular flexibility index (Phi) is 9.61. The molecule has 4 nitrogen and oxygen atoms in total. The van der Waals surface area contributed by atoms with Gasteiger partial charge >= 0.3 is 0 Å². The number of guanidine groups is 1. The standard InChI is InChI=1S/C17H23ClN4S.HI/c1-4-19-17(21-11-14-6-5-7-15(18)10-14)20-9-8-16-12(2)22-13(3)23-16;/h5-7,10H,4,8-9,11H2,1-3H3,(H2,19,20,21);1H.